The van der Waals surface area contributed by atoms with Gasteiger partial charge in [0.2, 0.25) is 11.7 Å². The molecule has 1 N–H and O–H groups in total. The molecule has 0 spiro atoms. The lowest BCUT2D eigenvalue weighted by Gasteiger charge is -2.17. The largest absolute Gasteiger partial charge is 0.573 e. The van der Waals surface area contributed by atoms with Gasteiger partial charge in [-0.1, -0.05) is 6.07 Å². The topological polar surface area (TPSA) is 65.4 Å². The van der Waals surface area contributed by atoms with Crippen LogP contribution < -0.4 is 20.3 Å². The highest BCUT2D eigenvalue weighted by Gasteiger charge is 2.31. The standard InChI is InChI=1S/C20H15F6N3O3/c1-10-3-4-12(32-20(24,25)26)7-15(10)27-19-28-18(30)16(31-2)9-29(19)8-11-5-13(21)17(23)14(22)6-11/h3-7,9H,8H2,1-2H3,(H,27,28,30). The van der Waals surface area contributed by atoms with Gasteiger partial charge in [0.05, 0.1) is 19.9 Å². The van der Waals surface area contributed by atoms with E-state index in [-0.39, 0.29) is 29.5 Å². The summed E-state index contributed by atoms with van der Waals surface area (Å²) in [5, 5.41) is 2.71. The van der Waals surface area contributed by atoms with Crippen molar-refractivity contribution in [1.82, 2.24) is 9.55 Å². The molecule has 3 rings (SSSR count). The number of rotatable bonds is 6. The van der Waals surface area contributed by atoms with E-state index in [0.717, 1.165) is 24.3 Å². The van der Waals surface area contributed by atoms with Crippen molar-refractivity contribution in [2.45, 2.75) is 19.8 Å². The number of methoxy groups -OCH3 is 1. The lowest BCUT2D eigenvalue weighted by atomic mass is 10.2. The molecule has 32 heavy (non-hydrogen) atoms. The van der Waals surface area contributed by atoms with Crippen molar-refractivity contribution in [2.24, 2.45) is 0 Å². The third kappa shape index (κ3) is 5.31. The first-order valence-corrected chi connectivity index (χ1v) is 8.89. The summed E-state index contributed by atoms with van der Waals surface area (Å²) in [5.74, 6) is -5.36. The van der Waals surface area contributed by atoms with Crippen LogP contribution >= 0.6 is 0 Å². The number of alkyl halides is 3. The molecule has 0 aliphatic rings. The van der Waals surface area contributed by atoms with E-state index in [9.17, 15) is 31.1 Å². The van der Waals surface area contributed by atoms with Crippen LogP contribution in [0.4, 0.5) is 38.0 Å². The Labute approximate surface area is 177 Å². The summed E-state index contributed by atoms with van der Waals surface area (Å²) in [6, 6.07) is 5.01. The van der Waals surface area contributed by atoms with Gasteiger partial charge in [0.1, 0.15) is 5.75 Å². The molecule has 0 aliphatic heterocycles. The minimum absolute atomic E-state index is 0.0113. The smallest absolute Gasteiger partial charge is 0.490 e. The number of aromatic nitrogens is 2. The summed E-state index contributed by atoms with van der Waals surface area (Å²) < 4.78 is 88.1. The van der Waals surface area contributed by atoms with Gasteiger partial charge in [-0.2, -0.15) is 4.98 Å². The Morgan fingerprint density at radius 3 is 2.34 bits per heavy atom. The summed E-state index contributed by atoms with van der Waals surface area (Å²) in [6.07, 6.45) is -3.73. The zero-order chi connectivity index (χ0) is 23.6. The van der Waals surface area contributed by atoms with Gasteiger partial charge in [-0.3, -0.25) is 4.79 Å². The van der Waals surface area contributed by atoms with Gasteiger partial charge >= 0.3 is 11.9 Å². The van der Waals surface area contributed by atoms with Crippen LogP contribution in [0.5, 0.6) is 11.5 Å². The first-order chi connectivity index (χ1) is 15.0. The molecule has 1 heterocycles. The molecule has 0 fully saturated rings. The third-order valence-electron chi connectivity index (χ3n) is 4.27. The minimum Gasteiger partial charge on any atom is -0.490 e. The second kappa shape index (κ2) is 8.81. The maximum atomic E-state index is 13.6. The number of ether oxygens (including phenoxy) is 2. The molecule has 0 radical (unpaired) electrons. The van der Waals surface area contributed by atoms with E-state index in [1.807, 2.05) is 0 Å². The first-order valence-electron chi connectivity index (χ1n) is 8.89. The monoisotopic (exact) mass is 459 g/mol. The van der Waals surface area contributed by atoms with Crippen LogP contribution in [0.2, 0.25) is 0 Å². The summed E-state index contributed by atoms with van der Waals surface area (Å²) >= 11 is 0. The number of hydrogen-bond donors (Lipinski definition) is 1. The van der Waals surface area contributed by atoms with Crippen molar-refractivity contribution in [3.63, 3.8) is 0 Å². The Morgan fingerprint density at radius 2 is 1.75 bits per heavy atom. The summed E-state index contributed by atoms with van der Waals surface area (Å²) in [7, 11) is 1.20. The SMILES string of the molecule is COc1cn(Cc2cc(F)c(F)c(F)c2)c(Nc2cc(OC(F)(F)F)ccc2C)nc1=O. The van der Waals surface area contributed by atoms with E-state index >= 15 is 0 Å². The molecule has 0 atom stereocenters. The van der Waals surface area contributed by atoms with Gasteiger partial charge in [-0.05, 0) is 36.2 Å². The number of anilines is 2. The Bertz CT molecular complexity index is 1190. The zero-order valence-electron chi connectivity index (χ0n) is 16.6. The van der Waals surface area contributed by atoms with Gasteiger partial charge in [-0.15, -0.1) is 13.2 Å². The highest BCUT2D eigenvalue weighted by molar-refractivity contribution is 5.61. The second-order valence-corrected chi connectivity index (χ2v) is 6.59. The average molecular weight is 459 g/mol. The number of halogens is 6. The fourth-order valence-corrected chi connectivity index (χ4v) is 2.78. The van der Waals surface area contributed by atoms with Crippen molar-refractivity contribution in [2.75, 3.05) is 12.4 Å². The van der Waals surface area contributed by atoms with Crippen molar-refractivity contribution >= 4 is 11.6 Å². The minimum atomic E-state index is -4.91. The Balaban J connectivity index is 2.03. The molecular weight excluding hydrogens is 444 g/mol. The normalized spacial score (nSPS) is 11.4. The molecule has 0 amide bonds. The van der Waals surface area contributed by atoms with Crippen molar-refractivity contribution in [1.29, 1.82) is 0 Å². The highest BCUT2D eigenvalue weighted by Crippen LogP contribution is 2.29. The summed E-state index contributed by atoms with van der Waals surface area (Å²) in [5.41, 5.74) is -0.213. The molecule has 0 bridgehead atoms. The van der Waals surface area contributed by atoms with Crippen LogP contribution in [-0.2, 0) is 6.54 Å². The number of benzene rings is 2. The molecule has 0 unspecified atom stereocenters. The molecule has 0 aliphatic carbocycles. The van der Waals surface area contributed by atoms with E-state index in [1.54, 1.807) is 6.92 Å². The fourth-order valence-electron chi connectivity index (χ4n) is 2.78. The van der Waals surface area contributed by atoms with Crippen LogP contribution in [0.1, 0.15) is 11.1 Å². The average Bonchev–Trinajstić information content (AvgIpc) is 2.69. The quantitative estimate of drug-likeness (QED) is 0.429. The molecule has 6 nitrogen and oxygen atoms in total. The fraction of sp³-hybridized carbons (Fsp3) is 0.200. The van der Waals surface area contributed by atoms with Crippen LogP contribution in [0.25, 0.3) is 0 Å². The van der Waals surface area contributed by atoms with Gasteiger partial charge < -0.3 is 19.4 Å². The number of nitrogens with zero attached hydrogens (tertiary/aromatic N) is 2. The third-order valence-corrected chi connectivity index (χ3v) is 4.27. The predicted molar refractivity (Wildman–Crippen MR) is 102 cm³/mol. The zero-order valence-corrected chi connectivity index (χ0v) is 16.6. The van der Waals surface area contributed by atoms with Crippen LogP contribution in [0.3, 0.4) is 0 Å². The maximum Gasteiger partial charge on any atom is 0.573 e. The lowest BCUT2D eigenvalue weighted by molar-refractivity contribution is -0.274. The van der Waals surface area contributed by atoms with Crippen LogP contribution in [0, 0.1) is 24.4 Å². The van der Waals surface area contributed by atoms with Crippen LogP contribution in [0.15, 0.2) is 41.3 Å². The molecule has 1 aromatic heterocycles. The Hall–Kier alpha value is -3.70. The van der Waals surface area contributed by atoms with E-state index in [2.05, 4.69) is 15.0 Å². The maximum absolute atomic E-state index is 13.6. The van der Waals surface area contributed by atoms with E-state index in [4.69, 9.17) is 4.74 Å². The molecular formula is C20H15F6N3O3. The van der Waals surface area contributed by atoms with Gasteiger partial charge in [0.15, 0.2) is 17.5 Å². The summed E-state index contributed by atoms with van der Waals surface area (Å²) in [6.45, 7) is 1.30. The Kier molecular flexibility index (Phi) is 6.32. The first kappa shape index (κ1) is 23.0. The molecule has 2 aromatic carbocycles. The second-order valence-electron chi connectivity index (χ2n) is 6.59. The molecule has 170 valence electrons. The highest BCUT2D eigenvalue weighted by atomic mass is 19.4. The van der Waals surface area contributed by atoms with Gasteiger partial charge in [0.25, 0.3) is 0 Å². The van der Waals surface area contributed by atoms with Crippen molar-refractivity contribution in [3.05, 3.63) is 75.5 Å². The molecule has 0 saturated heterocycles. The number of nitrogens with one attached hydrogen (secondary N) is 1. The molecule has 12 heteroatoms. The predicted octanol–water partition coefficient (Wildman–Crippen LogP) is 4.67. The summed E-state index contributed by atoms with van der Waals surface area (Å²) in [4.78, 5) is 15.9. The lowest BCUT2D eigenvalue weighted by Crippen LogP contribution is -2.19. The Morgan fingerprint density at radius 1 is 1.09 bits per heavy atom. The number of hydrogen-bond acceptors (Lipinski definition) is 5. The van der Waals surface area contributed by atoms with Crippen molar-refractivity contribution < 1.29 is 35.8 Å². The van der Waals surface area contributed by atoms with Crippen LogP contribution in [-0.4, -0.2) is 23.0 Å². The van der Waals surface area contributed by atoms with Gasteiger partial charge in [-0.25, -0.2) is 13.2 Å². The van der Waals surface area contributed by atoms with E-state index in [0.29, 0.717) is 5.56 Å². The van der Waals surface area contributed by atoms with E-state index in [1.165, 1.54) is 23.9 Å². The molecule has 0 saturated carbocycles. The molecule has 3 aromatic rings. The van der Waals surface area contributed by atoms with Gasteiger partial charge in [0, 0.05) is 11.8 Å². The number of aryl methyl sites for hydroxylation is 1. The van der Waals surface area contributed by atoms with E-state index < -0.39 is 35.1 Å². The van der Waals surface area contributed by atoms with Crippen molar-refractivity contribution in [3.8, 4) is 11.5 Å².